The third kappa shape index (κ3) is 2.69. The topological polar surface area (TPSA) is 34.1 Å². The molecule has 0 amide bonds. The van der Waals surface area contributed by atoms with E-state index in [0.717, 1.165) is 12.8 Å². The van der Waals surface area contributed by atoms with Crippen molar-refractivity contribution in [3.05, 3.63) is 23.8 Å². The highest BCUT2D eigenvalue weighted by Gasteiger charge is 2.58. The quantitative estimate of drug-likeness (QED) is 0.625. The number of hydrogen-bond acceptors (Lipinski definition) is 3. The third-order valence-corrected chi connectivity index (χ3v) is 9.17. The van der Waals surface area contributed by atoms with E-state index in [4.69, 9.17) is 0 Å². The Hall–Kier alpha value is -0.830. The van der Waals surface area contributed by atoms with Crippen LogP contribution in [0.5, 0.6) is 0 Å². The van der Waals surface area contributed by atoms with Gasteiger partial charge in [0.15, 0.2) is 10.9 Å². The number of thioether (sulfide) groups is 1. The van der Waals surface area contributed by atoms with E-state index in [2.05, 4.69) is 26.0 Å². The van der Waals surface area contributed by atoms with Gasteiger partial charge in [-0.05, 0) is 66.8 Å². The standard InChI is InChI=1S/C22H30O2S/c1-4-19(24)25-18-13-14-12-15(23)7-11-22(14,3)17-8-10-21(2)9-5-6-16(21)20(17)18/h5-6,12,16-18,20H,4,7-11,13H2,1-3H3/t16-,17-,18+,20-,21-,22-/m0/s1. The molecule has 4 aliphatic carbocycles. The molecule has 0 radical (unpaired) electrons. The molecule has 25 heavy (non-hydrogen) atoms. The number of ketones is 1. The Morgan fingerprint density at radius 1 is 1.32 bits per heavy atom. The van der Waals surface area contributed by atoms with Gasteiger partial charge in [0.2, 0.25) is 0 Å². The molecule has 4 rings (SSSR count). The summed E-state index contributed by atoms with van der Waals surface area (Å²) in [5.74, 6) is 2.08. The van der Waals surface area contributed by atoms with Gasteiger partial charge < -0.3 is 0 Å². The molecular weight excluding hydrogens is 328 g/mol. The van der Waals surface area contributed by atoms with Crippen molar-refractivity contribution < 1.29 is 9.59 Å². The summed E-state index contributed by atoms with van der Waals surface area (Å²) in [6.07, 6.45) is 13.8. The highest BCUT2D eigenvalue weighted by molar-refractivity contribution is 8.14. The van der Waals surface area contributed by atoms with E-state index in [-0.39, 0.29) is 11.2 Å². The summed E-state index contributed by atoms with van der Waals surface area (Å²) < 4.78 is 0. The van der Waals surface area contributed by atoms with Gasteiger partial charge in [-0.3, -0.25) is 9.59 Å². The molecule has 2 saturated carbocycles. The van der Waals surface area contributed by atoms with Crippen LogP contribution in [0.1, 0.15) is 65.7 Å². The monoisotopic (exact) mass is 358 g/mol. The van der Waals surface area contributed by atoms with Crippen LogP contribution in [0, 0.1) is 28.6 Å². The fourth-order valence-electron chi connectivity index (χ4n) is 6.29. The van der Waals surface area contributed by atoms with Crippen molar-refractivity contribution in [3.63, 3.8) is 0 Å². The van der Waals surface area contributed by atoms with E-state index in [9.17, 15) is 9.59 Å². The summed E-state index contributed by atoms with van der Waals surface area (Å²) in [6.45, 7) is 6.83. The molecule has 136 valence electrons. The zero-order chi connectivity index (χ0) is 17.8. The van der Waals surface area contributed by atoms with Crippen LogP contribution in [0.3, 0.4) is 0 Å². The van der Waals surface area contributed by atoms with Crippen molar-refractivity contribution in [3.8, 4) is 0 Å². The molecule has 0 unspecified atom stereocenters. The molecule has 0 aromatic heterocycles. The smallest absolute Gasteiger partial charge is 0.188 e. The van der Waals surface area contributed by atoms with E-state index < -0.39 is 0 Å². The molecule has 0 aliphatic heterocycles. The van der Waals surface area contributed by atoms with Gasteiger partial charge in [0.25, 0.3) is 0 Å². The minimum Gasteiger partial charge on any atom is -0.295 e. The highest BCUT2D eigenvalue weighted by atomic mass is 32.2. The number of carbonyl (C=O) groups is 2. The van der Waals surface area contributed by atoms with Crippen LogP contribution in [0.25, 0.3) is 0 Å². The van der Waals surface area contributed by atoms with Gasteiger partial charge >= 0.3 is 0 Å². The second kappa shape index (κ2) is 6.11. The van der Waals surface area contributed by atoms with Crippen LogP contribution in [0.4, 0.5) is 0 Å². The average Bonchev–Trinajstić information content (AvgIpc) is 2.97. The highest BCUT2D eigenvalue weighted by Crippen LogP contribution is 2.65. The van der Waals surface area contributed by atoms with Gasteiger partial charge in [0, 0.05) is 18.1 Å². The van der Waals surface area contributed by atoms with Crippen LogP contribution in [-0.2, 0) is 9.59 Å². The van der Waals surface area contributed by atoms with Crippen molar-refractivity contribution in [2.24, 2.45) is 28.6 Å². The molecule has 2 fully saturated rings. The molecule has 2 nitrogen and oxygen atoms in total. The number of hydrogen-bond donors (Lipinski definition) is 0. The zero-order valence-corrected chi connectivity index (χ0v) is 16.5. The van der Waals surface area contributed by atoms with Crippen LogP contribution < -0.4 is 0 Å². The number of allylic oxidation sites excluding steroid dienone is 4. The lowest BCUT2D eigenvalue weighted by atomic mass is 9.47. The molecule has 0 N–H and O–H groups in total. The number of fused-ring (bicyclic) bond motifs is 5. The van der Waals surface area contributed by atoms with Crippen molar-refractivity contribution >= 4 is 22.7 Å². The fraction of sp³-hybridized carbons (Fsp3) is 0.727. The molecule has 0 bridgehead atoms. The zero-order valence-electron chi connectivity index (χ0n) is 15.7. The van der Waals surface area contributed by atoms with E-state index in [1.807, 2.05) is 13.0 Å². The van der Waals surface area contributed by atoms with E-state index in [1.165, 1.54) is 24.8 Å². The van der Waals surface area contributed by atoms with Gasteiger partial charge in [0.1, 0.15) is 0 Å². The maximum Gasteiger partial charge on any atom is 0.188 e. The van der Waals surface area contributed by atoms with Gasteiger partial charge in [0.05, 0.1) is 0 Å². The second-order valence-corrected chi connectivity index (χ2v) is 10.5. The first-order valence-electron chi connectivity index (χ1n) is 9.97. The lowest BCUT2D eigenvalue weighted by molar-refractivity contribution is -0.117. The SMILES string of the molecule is CCC(=O)S[C@@H]1CC2=CC(=O)CC[C@]2(C)[C@H]2CC[C@]3(C)CC=C[C@H]3[C@H]12. The first-order chi connectivity index (χ1) is 11.9. The molecule has 6 atom stereocenters. The average molecular weight is 359 g/mol. The maximum atomic E-state index is 12.3. The normalized spacial score (nSPS) is 45.4. The molecule has 0 spiro atoms. The minimum absolute atomic E-state index is 0.169. The Bertz CT molecular complexity index is 663. The molecule has 0 saturated heterocycles. The lowest BCUT2D eigenvalue weighted by Crippen LogP contribution is -2.54. The van der Waals surface area contributed by atoms with E-state index in [1.54, 1.807) is 11.8 Å². The Balaban J connectivity index is 1.75. The van der Waals surface area contributed by atoms with Gasteiger partial charge in [-0.25, -0.2) is 0 Å². The number of rotatable bonds is 2. The Labute approximate surface area is 155 Å². The van der Waals surface area contributed by atoms with Crippen LogP contribution in [-0.4, -0.2) is 16.1 Å². The molecule has 4 aliphatic rings. The Kier molecular flexibility index (Phi) is 4.30. The van der Waals surface area contributed by atoms with Crippen LogP contribution >= 0.6 is 11.8 Å². The summed E-state index contributed by atoms with van der Waals surface area (Å²) in [4.78, 5) is 24.4. The van der Waals surface area contributed by atoms with Gasteiger partial charge in [-0.2, -0.15) is 0 Å². The predicted molar refractivity (Wildman–Crippen MR) is 103 cm³/mol. The predicted octanol–water partition coefficient (Wildman–Crippen LogP) is 5.33. The summed E-state index contributed by atoms with van der Waals surface area (Å²) in [6, 6.07) is 0. The summed E-state index contributed by atoms with van der Waals surface area (Å²) in [7, 11) is 0. The van der Waals surface area contributed by atoms with Crippen molar-refractivity contribution in [2.75, 3.05) is 0 Å². The summed E-state index contributed by atoms with van der Waals surface area (Å²) >= 11 is 1.58. The molecular formula is C22H30O2S. The molecule has 3 heteroatoms. The maximum absolute atomic E-state index is 12.3. The largest absolute Gasteiger partial charge is 0.295 e. The van der Waals surface area contributed by atoms with Crippen molar-refractivity contribution in [1.82, 2.24) is 0 Å². The molecule has 0 heterocycles. The first kappa shape index (κ1) is 17.6. The van der Waals surface area contributed by atoms with Crippen molar-refractivity contribution in [2.45, 2.75) is 71.0 Å². The second-order valence-electron chi connectivity index (χ2n) is 9.17. The summed E-state index contributed by atoms with van der Waals surface area (Å²) in [5, 5.41) is 0.652. The Morgan fingerprint density at radius 3 is 2.88 bits per heavy atom. The fourth-order valence-corrected chi connectivity index (χ4v) is 7.57. The first-order valence-corrected chi connectivity index (χ1v) is 10.9. The van der Waals surface area contributed by atoms with Crippen LogP contribution in [0.2, 0.25) is 0 Å². The minimum atomic E-state index is 0.169. The van der Waals surface area contributed by atoms with E-state index >= 15 is 0 Å². The van der Waals surface area contributed by atoms with E-state index in [0.29, 0.717) is 46.4 Å². The lowest BCUT2D eigenvalue weighted by Gasteiger charge is -2.59. The number of carbonyl (C=O) groups excluding carboxylic acids is 2. The molecule has 0 aromatic carbocycles. The Morgan fingerprint density at radius 2 is 2.12 bits per heavy atom. The summed E-state index contributed by atoms with van der Waals surface area (Å²) in [5.41, 5.74) is 1.90. The van der Waals surface area contributed by atoms with Gasteiger partial charge in [-0.15, -0.1) is 0 Å². The van der Waals surface area contributed by atoms with Gasteiger partial charge in [-0.1, -0.05) is 50.3 Å². The third-order valence-electron chi connectivity index (χ3n) is 7.84. The van der Waals surface area contributed by atoms with Crippen molar-refractivity contribution in [1.29, 1.82) is 0 Å². The molecule has 0 aromatic rings. The van der Waals surface area contributed by atoms with Crippen LogP contribution in [0.15, 0.2) is 23.8 Å².